The Morgan fingerprint density at radius 3 is 2.63 bits per heavy atom. The molecule has 3 heterocycles. The van der Waals surface area contributed by atoms with Gasteiger partial charge in [0, 0.05) is 34.6 Å². The molecule has 0 spiro atoms. The first-order valence-electron chi connectivity index (χ1n) is 10.2. The predicted molar refractivity (Wildman–Crippen MR) is 122 cm³/mol. The average Bonchev–Trinajstić information content (AvgIpc) is 3.23. The summed E-state index contributed by atoms with van der Waals surface area (Å²) >= 11 is 0. The number of nitrogens with zero attached hydrogens (tertiary/aromatic N) is 2. The van der Waals surface area contributed by atoms with Crippen molar-refractivity contribution >= 4 is 32.8 Å². The molecule has 4 heteroatoms. The molecule has 3 aromatic heterocycles. The molecule has 0 aliphatic heterocycles. The molecule has 0 aliphatic carbocycles. The van der Waals surface area contributed by atoms with E-state index in [0.717, 1.165) is 39.7 Å². The van der Waals surface area contributed by atoms with Crippen molar-refractivity contribution in [2.75, 3.05) is 0 Å². The van der Waals surface area contributed by atoms with E-state index in [4.69, 9.17) is 9.15 Å². The lowest BCUT2D eigenvalue weighted by atomic mass is 10.1. The zero-order chi connectivity index (χ0) is 20.8. The molecule has 150 valence electrons. The fourth-order valence-corrected chi connectivity index (χ4v) is 4.02. The van der Waals surface area contributed by atoms with Gasteiger partial charge in [-0.05, 0) is 63.6 Å². The Balaban J connectivity index is 1.64. The van der Waals surface area contributed by atoms with Gasteiger partial charge in [-0.3, -0.25) is 0 Å². The number of fused-ring (bicyclic) bond motifs is 4. The molecule has 0 unspecified atom stereocenters. The lowest BCUT2D eigenvalue weighted by molar-refractivity contribution is 0.466. The maximum atomic E-state index is 6.34. The third-order valence-corrected chi connectivity index (χ3v) is 5.76. The number of hydrogen-bond donors (Lipinski definition) is 0. The molecule has 0 saturated heterocycles. The van der Waals surface area contributed by atoms with Gasteiger partial charge in [0.2, 0.25) is 5.88 Å². The fraction of sp³-hybridized carbons (Fsp3) is 0.192. The van der Waals surface area contributed by atoms with Crippen molar-refractivity contribution in [1.29, 1.82) is 0 Å². The van der Waals surface area contributed by atoms with E-state index in [-0.39, 0.29) is 0 Å². The van der Waals surface area contributed by atoms with Gasteiger partial charge in [-0.1, -0.05) is 29.8 Å². The highest BCUT2D eigenvalue weighted by molar-refractivity contribution is 6.05. The van der Waals surface area contributed by atoms with Gasteiger partial charge in [0.05, 0.1) is 0 Å². The maximum absolute atomic E-state index is 6.34. The number of hydrogen-bond acceptors (Lipinski definition) is 3. The van der Waals surface area contributed by atoms with Crippen LogP contribution in [0.1, 0.15) is 25.1 Å². The molecule has 0 saturated carbocycles. The van der Waals surface area contributed by atoms with Crippen molar-refractivity contribution in [2.45, 2.75) is 34.2 Å². The molecule has 0 amide bonds. The number of allylic oxidation sites excluding steroid dienone is 2. The summed E-state index contributed by atoms with van der Waals surface area (Å²) in [7, 11) is 0. The van der Waals surface area contributed by atoms with Crippen molar-refractivity contribution in [2.24, 2.45) is 0 Å². The normalized spacial score (nSPS) is 11.5. The lowest BCUT2D eigenvalue weighted by Crippen LogP contribution is -2.00. The Morgan fingerprint density at radius 1 is 1.00 bits per heavy atom. The molecule has 0 fully saturated rings. The Kier molecular flexibility index (Phi) is 4.35. The quantitative estimate of drug-likeness (QED) is 0.299. The van der Waals surface area contributed by atoms with E-state index >= 15 is 0 Å². The molecule has 4 nitrogen and oxygen atoms in total. The number of para-hydroxylation sites is 1. The van der Waals surface area contributed by atoms with Crippen LogP contribution in [-0.4, -0.2) is 9.55 Å². The van der Waals surface area contributed by atoms with Crippen molar-refractivity contribution in [3.8, 4) is 11.6 Å². The molecular weight excluding hydrogens is 372 g/mol. The smallest absolute Gasteiger partial charge is 0.244 e. The van der Waals surface area contributed by atoms with E-state index in [2.05, 4.69) is 55.5 Å². The second-order valence-electron chi connectivity index (χ2n) is 7.97. The molecule has 0 N–H and O–H groups in total. The fourth-order valence-electron chi connectivity index (χ4n) is 4.02. The van der Waals surface area contributed by atoms with Gasteiger partial charge in [-0.15, -0.1) is 0 Å². The van der Waals surface area contributed by atoms with Crippen LogP contribution in [0.3, 0.4) is 0 Å². The van der Waals surface area contributed by atoms with Crippen molar-refractivity contribution in [3.63, 3.8) is 0 Å². The standard InChI is InChI=1S/C26H24N2O2/c1-16(2)12-14-28-18(4)17(3)20-11-13-27-26(25(20)28)29-19-9-10-24-22(15-19)21-7-5-6-8-23(21)30-24/h5-13,15H,14H2,1-4H3. The molecule has 30 heavy (non-hydrogen) atoms. The molecule has 0 bridgehead atoms. The summed E-state index contributed by atoms with van der Waals surface area (Å²) in [5, 5.41) is 3.31. The van der Waals surface area contributed by atoms with E-state index in [0.29, 0.717) is 5.88 Å². The van der Waals surface area contributed by atoms with Gasteiger partial charge < -0.3 is 13.7 Å². The zero-order valence-electron chi connectivity index (χ0n) is 17.7. The van der Waals surface area contributed by atoms with E-state index < -0.39 is 0 Å². The summed E-state index contributed by atoms with van der Waals surface area (Å²) in [5.41, 5.74) is 6.55. The molecule has 0 radical (unpaired) electrons. The van der Waals surface area contributed by atoms with E-state index in [9.17, 15) is 0 Å². The summed E-state index contributed by atoms with van der Waals surface area (Å²) in [4.78, 5) is 4.59. The predicted octanol–water partition coefficient (Wildman–Crippen LogP) is 7.31. The molecule has 2 aromatic carbocycles. The Bertz CT molecular complexity index is 1430. The van der Waals surface area contributed by atoms with Gasteiger partial charge >= 0.3 is 0 Å². The minimum Gasteiger partial charge on any atom is -0.456 e. The third-order valence-electron chi connectivity index (χ3n) is 5.76. The topological polar surface area (TPSA) is 40.2 Å². The van der Waals surface area contributed by atoms with Gasteiger partial charge in [-0.2, -0.15) is 0 Å². The van der Waals surface area contributed by atoms with Gasteiger partial charge in [0.15, 0.2) is 0 Å². The number of benzene rings is 2. The summed E-state index contributed by atoms with van der Waals surface area (Å²) in [5.74, 6) is 1.37. The number of ether oxygens (including phenoxy) is 1. The Hall–Kier alpha value is -3.53. The monoisotopic (exact) mass is 396 g/mol. The minimum atomic E-state index is 0.623. The first-order valence-corrected chi connectivity index (χ1v) is 10.2. The number of rotatable bonds is 4. The highest BCUT2D eigenvalue weighted by atomic mass is 16.5. The Labute approximate surface area is 175 Å². The van der Waals surface area contributed by atoms with E-state index in [1.807, 2.05) is 42.6 Å². The molecule has 0 atom stereocenters. The molecule has 0 aliphatic rings. The van der Waals surface area contributed by atoms with Crippen molar-refractivity contribution in [1.82, 2.24) is 9.55 Å². The lowest BCUT2D eigenvalue weighted by Gasteiger charge is -2.10. The van der Waals surface area contributed by atoms with E-state index in [1.165, 1.54) is 22.2 Å². The van der Waals surface area contributed by atoms with Gasteiger partial charge in [0.1, 0.15) is 22.4 Å². The molecule has 5 rings (SSSR count). The summed E-state index contributed by atoms with van der Waals surface area (Å²) in [6, 6.07) is 16.1. The van der Waals surface area contributed by atoms with Crippen LogP contribution in [0.4, 0.5) is 0 Å². The number of aromatic nitrogens is 2. The molecular formula is C26H24N2O2. The highest BCUT2D eigenvalue weighted by Crippen LogP contribution is 2.36. The summed E-state index contributed by atoms with van der Waals surface area (Å²) in [6.45, 7) is 9.35. The van der Waals surface area contributed by atoms with Gasteiger partial charge in [0.25, 0.3) is 0 Å². The summed E-state index contributed by atoms with van der Waals surface area (Å²) < 4.78 is 14.6. The highest BCUT2D eigenvalue weighted by Gasteiger charge is 2.17. The van der Waals surface area contributed by atoms with E-state index in [1.54, 1.807) is 0 Å². The van der Waals surface area contributed by atoms with Crippen LogP contribution in [0.25, 0.3) is 32.8 Å². The second kappa shape index (κ2) is 7.06. The van der Waals surface area contributed by atoms with Crippen molar-refractivity contribution in [3.05, 3.63) is 77.6 Å². The van der Waals surface area contributed by atoms with Crippen LogP contribution < -0.4 is 4.74 Å². The molecule has 5 aromatic rings. The largest absolute Gasteiger partial charge is 0.456 e. The van der Waals surface area contributed by atoms with Crippen LogP contribution >= 0.6 is 0 Å². The third kappa shape index (κ3) is 2.96. The second-order valence-corrected chi connectivity index (χ2v) is 7.97. The average molecular weight is 396 g/mol. The maximum Gasteiger partial charge on any atom is 0.244 e. The van der Waals surface area contributed by atoms with Crippen LogP contribution in [0.2, 0.25) is 0 Å². The van der Waals surface area contributed by atoms with Crippen LogP contribution in [0.15, 0.2) is 70.8 Å². The van der Waals surface area contributed by atoms with Crippen LogP contribution in [0.5, 0.6) is 11.6 Å². The zero-order valence-corrected chi connectivity index (χ0v) is 17.7. The number of aryl methyl sites for hydroxylation is 1. The minimum absolute atomic E-state index is 0.623. The van der Waals surface area contributed by atoms with Gasteiger partial charge in [-0.25, -0.2) is 4.98 Å². The van der Waals surface area contributed by atoms with Crippen molar-refractivity contribution < 1.29 is 9.15 Å². The first kappa shape index (κ1) is 18.5. The first-order chi connectivity index (χ1) is 14.5. The number of pyridine rings is 1. The summed E-state index contributed by atoms with van der Waals surface area (Å²) in [6.07, 6.45) is 4.05. The van der Waals surface area contributed by atoms with Crippen LogP contribution in [0, 0.1) is 13.8 Å². The van der Waals surface area contributed by atoms with Crippen LogP contribution in [-0.2, 0) is 6.54 Å². The number of furan rings is 1. The SMILES string of the molecule is CC(C)=CCn1c(C)c(C)c2ccnc(Oc3ccc4oc5ccccc5c4c3)c21. The Morgan fingerprint density at radius 2 is 1.80 bits per heavy atom.